The molecule has 2 rings (SSSR count). The van der Waals surface area contributed by atoms with Gasteiger partial charge in [-0.2, -0.15) is 0 Å². The van der Waals surface area contributed by atoms with Crippen LogP contribution in [0.1, 0.15) is 53.4 Å². The number of hydrogen-bond donors (Lipinski definition) is 0. The monoisotopic (exact) mass is 250 g/mol. The van der Waals surface area contributed by atoms with Crippen LogP contribution in [0, 0.1) is 22.2 Å². The highest BCUT2D eigenvalue weighted by Crippen LogP contribution is 2.76. The highest BCUT2D eigenvalue weighted by molar-refractivity contribution is 5.89. The number of fused-ring (bicyclic) bond motifs is 2. The van der Waals surface area contributed by atoms with E-state index in [1.165, 1.54) is 20.0 Å². The van der Waals surface area contributed by atoms with Crippen LogP contribution in [0.4, 0.5) is 0 Å². The lowest BCUT2D eigenvalue weighted by Gasteiger charge is -2.49. The summed E-state index contributed by atoms with van der Waals surface area (Å²) in [5.41, 5.74) is 1.10. The van der Waals surface area contributed by atoms with E-state index in [1.54, 1.807) is 0 Å². The fourth-order valence-electron chi connectivity index (χ4n) is 4.98. The molecular formula is C16H26O2. The number of esters is 1. The standard InChI is InChI=1S/C16H26O2/c1-7-16(11(2)13(17)18-6)10-12-8-9-15(16,5)14(12,3)4/h12H,2,7-10H2,1,3-6H3/t12-,15+,16?/m1/s1. The Morgan fingerprint density at radius 1 is 1.39 bits per heavy atom. The third-order valence-corrected chi connectivity index (χ3v) is 6.70. The van der Waals surface area contributed by atoms with Gasteiger partial charge in [-0.3, -0.25) is 0 Å². The Balaban J connectivity index is 2.48. The van der Waals surface area contributed by atoms with Crippen LogP contribution < -0.4 is 0 Å². The fraction of sp³-hybridized carbons (Fsp3) is 0.812. The van der Waals surface area contributed by atoms with E-state index in [9.17, 15) is 4.79 Å². The summed E-state index contributed by atoms with van der Waals surface area (Å²) in [5, 5.41) is 0. The minimum Gasteiger partial charge on any atom is -0.466 e. The normalized spacial score (nSPS) is 40.8. The van der Waals surface area contributed by atoms with Gasteiger partial charge in [0, 0.05) is 11.0 Å². The fourth-order valence-corrected chi connectivity index (χ4v) is 4.98. The Bertz CT molecular complexity index is 396. The quantitative estimate of drug-likeness (QED) is 0.560. The highest BCUT2D eigenvalue weighted by Gasteiger charge is 2.69. The number of carbonyl (C=O) groups excluding carboxylic acids is 1. The van der Waals surface area contributed by atoms with Crippen molar-refractivity contribution in [1.82, 2.24) is 0 Å². The molecule has 2 saturated carbocycles. The molecule has 2 heteroatoms. The van der Waals surface area contributed by atoms with Gasteiger partial charge in [0.2, 0.25) is 0 Å². The number of carbonyl (C=O) groups is 1. The molecule has 0 N–H and O–H groups in total. The molecule has 2 bridgehead atoms. The van der Waals surface area contributed by atoms with Crippen LogP contribution in [0.5, 0.6) is 0 Å². The smallest absolute Gasteiger partial charge is 0.333 e. The van der Waals surface area contributed by atoms with Crippen LogP contribution in [0.25, 0.3) is 0 Å². The first kappa shape index (κ1) is 13.6. The van der Waals surface area contributed by atoms with Crippen molar-refractivity contribution in [2.75, 3.05) is 7.11 Å². The Labute approximate surface area is 111 Å². The predicted octanol–water partition coefficient (Wildman–Crippen LogP) is 3.96. The van der Waals surface area contributed by atoms with Crippen LogP contribution in [0.2, 0.25) is 0 Å². The zero-order valence-corrected chi connectivity index (χ0v) is 12.4. The van der Waals surface area contributed by atoms with Gasteiger partial charge in [0.15, 0.2) is 0 Å². The average Bonchev–Trinajstić information content (AvgIpc) is 2.67. The maximum absolute atomic E-state index is 12.0. The second-order valence-electron chi connectivity index (χ2n) is 6.90. The Morgan fingerprint density at radius 3 is 2.33 bits per heavy atom. The summed E-state index contributed by atoms with van der Waals surface area (Å²) in [5.74, 6) is 0.491. The van der Waals surface area contributed by atoms with Crippen LogP contribution in [-0.2, 0) is 9.53 Å². The molecule has 2 aliphatic carbocycles. The van der Waals surface area contributed by atoms with Crippen molar-refractivity contribution in [2.45, 2.75) is 53.4 Å². The highest BCUT2D eigenvalue weighted by atomic mass is 16.5. The van der Waals surface area contributed by atoms with Gasteiger partial charge in [-0.1, -0.05) is 34.3 Å². The average molecular weight is 250 g/mol. The zero-order valence-electron chi connectivity index (χ0n) is 12.4. The van der Waals surface area contributed by atoms with Gasteiger partial charge in [0.1, 0.15) is 0 Å². The number of rotatable bonds is 3. The van der Waals surface area contributed by atoms with E-state index in [0.717, 1.165) is 12.8 Å². The van der Waals surface area contributed by atoms with Gasteiger partial charge < -0.3 is 4.74 Å². The summed E-state index contributed by atoms with van der Waals surface area (Å²) in [6.07, 6.45) is 4.58. The molecule has 0 aromatic carbocycles. The third kappa shape index (κ3) is 1.27. The summed E-state index contributed by atoms with van der Waals surface area (Å²) in [6, 6.07) is 0. The lowest BCUT2D eigenvalue weighted by Crippen LogP contribution is -2.44. The van der Waals surface area contributed by atoms with Gasteiger partial charge in [0.05, 0.1) is 7.11 Å². The second kappa shape index (κ2) is 3.85. The molecular weight excluding hydrogens is 224 g/mol. The summed E-state index contributed by atoms with van der Waals surface area (Å²) in [4.78, 5) is 12.0. The maximum Gasteiger partial charge on any atom is 0.333 e. The third-order valence-electron chi connectivity index (χ3n) is 6.70. The molecule has 102 valence electrons. The summed E-state index contributed by atoms with van der Waals surface area (Å²) >= 11 is 0. The second-order valence-corrected chi connectivity index (χ2v) is 6.90. The van der Waals surface area contributed by atoms with Crippen LogP contribution >= 0.6 is 0 Å². The Hall–Kier alpha value is -0.790. The molecule has 3 atom stereocenters. The molecule has 0 spiro atoms. The predicted molar refractivity (Wildman–Crippen MR) is 73.1 cm³/mol. The van der Waals surface area contributed by atoms with Crippen molar-refractivity contribution in [3.63, 3.8) is 0 Å². The maximum atomic E-state index is 12.0. The SMILES string of the molecule is C=C(C(=O)OC)C1(CC)C[C@H]2CC[C@@]1(C)C2(C)C. The van der Waals surface area contributed by atoms with Gasteiger partial charge in [0.25, 0.3) is 0 Å². The summed E-state index contributed by atoms with van der Waals surface area (Å²) in [6.45, 7) is 13.4. The number of hydrogen-bond acceptors (Lipinski definition) is 2. The lowest BCUT2D eigenvalue weighted by molar-refractivity contribution is -0.139. The lowest BCUT2D eigenvalue weighted by atomic mass is 9.54. The molecule has 0 radical (unpaired) electrons. The Morgan fingerprint density at radius 2 is 2.00 bits per heavy atom. The largest absolute Gasteiger partial charge is 0.466 e. The van der Waals surface area contributed by atoms with E-state index in [2.05, 4.69) is 34.3 Å². The first-order chi connectivity index (χ1) is 8.27. The van der Waals surface area contributed by atoms with E-state index in [0.29, 0.717) is 16.9 Å². The Kier molecular flexibility index (Phi) is 2.92. The molecule has 2 fully saturated rings. The van der Waals surface area contributed by atoms with Crippen molar-refractivity contribution in [3.05, 3.63) is 12.2 Å². The molecule has 0 heterocycles. The van der Waals surface area contributed by atoms with Crippen molar-refractivity contribution < 1.29 is 9.53 Å². The van der Waals surface area contributed by atoms with Crippen molar-refractivity contribution in [1.29, 1.82) is 0 Å². The molecule has 0 aliphatic heterocycles. The molecule has 2 aliphatic rings. The van der Waals surface area contributed by atoms with Crippen molar-refractivity contribution in [2.24, 2.45) is 22.2 Å². The summed E-state index contributed by atoms with van der Waals surface area (Å²) in [7, 11) is 1.46. The first-order valence-electron chi connectivity index (χ1n) is 7.04. The molecule has 0 amide bonds. The summed E-state index contributed by atoms with van der Waals surface area (Å²) < 4.78 is 4.93. The van der Waals surface area contributed by atoms with Crippen LogP contribution in [-0.4, -0.2) is 13.1 Å². The van der Waals surface area contributed by atoms with Crippen molar-refractivity contribution in [3.8, 4) is 0 Å². The molecule has 0 saturated heterocycles. The van der Waals surface area contributed by atoms with E-state index in [-0.39, 0.29) is 16.8 Å². The van der Waals surface area contributed by atoms with E-state index >= 15 is 0 Å². The first-order valence-corrected chi connectivity index (χ1v) is 7.04. The molecule has 0 aromatic heterocycles. The molecule has 2 nitrogen and oxygen atoms in total. The topological polar surface area (TPSA) is 26.3 Å². The van der Waals surface area contributed by atoms with Crippen molar-refractivity contribution >= 4 is 5.97 Å². The zero-order chi connectivity index (χ0) is 13.8. The van der Waals surface area contributed by atoms with E-state index in [1.807, 2.05) is 0 Å². The minimum absolute atomic E-state index is 0.0630. The van der Waals surface area contributed by atoms with E-state index in [4.69, 9.17) is 4.74 Å². The molecule has 1 unspecified atom stereocenters. The molecule has 0 aromatic rings. The van der Waals surface area contributed by atoms with Crippen LogP contribution in [0.15, 0.2) is 12.2 Å². The van der Waals surface area contributed by atoms with Gasteiger partial charge >= 0.3 is 5.97 Å². The van der Waals surface area contributed by atoms with Gasteiger partial charge in [-0.25, -0.2) is 4.79 Å². The van der Waals surface area contributed by atoms with E-state index < -0.39 is 0 Å². The number of methoxy groups -OCH3 is 1. The minimum atomic E-state index is -0.221. The van der Waals surface area contributed by atoms with Gasteiger partial charge in [-0.15, -0.1) is 0 Å². The number of ether oxygens (including phenoxy) is 1. The van der Waals surface area contributed by atoms with Gasteiger partial charge in [-0.05, 0) is 42.4 Å². The molecule has 18 heavy (non-hydrogen) atoms. The van der Waals surface area contributed by atoms with Crippen LogP contribution in [0.3, 0.4) is 0 Å².